The highest BCUT2D eigenvalue weighted by atomic mass is 35.5. The van der Waals surface area contributed by atoms with Gasteiger partial charge in [-0.3, -0.25) is 14.6 Å². The Morgan fingerprint density at radius 1 is 1.31 bits per heavy atom. The fourth-order valence-electron chi connectivity index (χ4n) is 3.13. The second-order valence-corrected chi connectivity index (χ2v) is 7.67. The van der Waals surface area contributed by atoms with Crippen molar-refractivity contribution in [2.45, 2.75) is 19.5 Å². The maximum absolute atomic E-state index is 12.7. The summed E-state index contributed by atoms with van der Waals surface area (Å²) in [6.45, 7) is 6.62. The van der Waals surface area contributed by atoms with Gasteiger partial charge in [-0.2, -0.15) is 11.3 Å². The average Bonchev–Trinajstić information content (AvgIpc) is 3.15. The number of piperazine rings is 1. The first kappa shape index (κ1) is 19.2. The molecule has 0 unspecified atom stereocenters. The number of carbonyl (C=O) groups is 1. The van der Waals surface area contributed by atoms with Gasteiger partial charge in [0.05, 0.1) is 18.8 Å². The van der Waals surface area contributed by atoms with E-state index in [-0.39, 0.29) is 11.9 Å². The van der Waals surface area contributed by atoms with Gasteiger partial charge >= 0.3 is 0 Å². The number of methoxy groups -OCH3 is 1. The molecule has 0 bridgehead atoms. The zero-order valence-electron chi connectivity index (χ0n) is 15.1. The molecular formula is C19H24ClN3O2S. The molecule has 2 aromatic rings. The fraction of sp³-hybridized carbons (Fsp3) is 0.421. The molecule has 2 heterocycles. The first-order valence-corrected chi connectivity index (χ1v) is 10.0. The van der Waals surface area contributed by atoms with Gasteiger partial charge in [-0.1, -0.05) is 11.6 Å². The number of carbonyl (C=O) groups excluding carboxylic acids is 1. The predicted octanol–water partition coefficient (Wildman–Crippen LogP) is 3.55. The summed E-state index contributed by atoms with van der Waals surface area (Å²) in [5, 5.41) is 7.82. The highest BCUT2D eigenvalue weighted by Crippen LogP contribution is 2.28. The normalized spacial score (nSPS) is 17.0. The van der Waals surface area contributed by atoms with Crippen molar-refractivity contribution in [2.75, 3.05) is 38.6 Å². The molecule has 0 radical (unpaired) electrons. The quantitative estimate of drug-likeness (QED) is 0.815. The second-order valence-electron chi connectivity index (χ2n) is 6.45. The number of rotatable bonds is 6. The van der Waals surface area contributed by atoms with Crippen molar-refractivity contribution in [3.05, 3.63) is 45.6 Å². The standard InChI is InChI=1S/C19H24ClN3O2S/c1-14(19(24)21-17-11-16(20)3-4-18(17)25-2)23-8-6-22(7-9-23)12-15-5-10-26-13-15/h3-5,10-11,13-14H,6-9,12H2,1-2H3,(H,21,24)/t14-/m1/s1. The number of ether oxygens (including phenoxy) is 1. The van der Waals surface area contributed by atoms with Crippen LogP contribution in [0.15, 0.2) is 35.0 Å². The van der Waals surface area contributed by atoms with Crippen molar-refractivity contribution in [1.29, 1.82) is 0 Å². The number of thiophene rings is 1. The van der Waals surface area contributed by atoms with E-state index in [0.717, 1.165) is 32.7 Å². The van der Waals surface area contributed by atoms with Crippen LogP contribution < -0.4 is 10.1 Å². The Labute approximate surface area is 163 Å². The van der Waals surface area contributed by atoms with Crippen molar-refractivity contribution >= 4 is 34.5 Å². The molecule has 1 amide bonds. The number of anilines is 1. The molecule has 1 aliphatic heterocycles. The third-order valence-corrected chi connectivity index (χ3v) is 5.71. The first-order valence-electron chi connectivity index (χ1n) is 8.68. The Bertz CT molecular complexity index is 730. The summed E-state index contributed by atoms with van der Waals surface area (Å²) in [4.78, 5) is 17.3. The second kappa shape index (κ2) is 8.86. The van der Waals surface area contributed by atoms with Crippen LogP contribution in [0.5, 0.6) is 5.75 Å². The van der Waals surface area contributed by atoms with Gasteiger partial charge in [-0.25, -0.2) is 0 Å². The molecule has 1 aromatic carbocycles. The van der Waals surface area contributed by atoms with E-state index < -0.39 is 0 Å². The van der Waals surface area contributed by atoms with Crippen LogP contribution >= 0.6 is 22.9 Å². The van der Waals surface area contributed by atoms with E-state index in [0.29, 0.717) is 16.5 Å². The maximum Gasteiger partial charge on any atom is 0.241 e. The highest BCUT2D eigenvalue weighted by Gasteiger charge is 2.26. The number of halogens is 1. The largest absolute Gasteiger partial charge is 0.495 e. The summed E-state index contributed by atoms with van der Waals surface area (Å²) in [6.07, 6.45) is 0. The van der Waals surface area contributed by atoms with E-state index in [4.69, 9.17) is 16.3 Å². The Balaban J connectivity index is 1.54. The van der Waals surface area contributed by atoms with Crippen LogP contribution in [0, 0.1) is 0 Å². The Morgan fingerprint density at radius 3 is 2.73 bits per heavy atom. The van der Waals surface area contributed by atoms with E-state index >= 15 is 0 Å². The summed E-state index contributed by atoms with van der Waals surface area (Å²) in [6, 6.07) is 7.18. The smallest absolute Gasteiger partial charge is 0.241 e. The first-order chi connectivity index (χ1) is 12.6. The topological polar surface area (TPSA) is 44.8 Å². The summed E-state index contributed by atoms with van der Waals surface area (Å²) in [5.41, 5.74) is 1.97. The van der Waals surface area contributed by atoms with Gasteiger partial charge in [0.1, 0.15) is 5.75 Å². The zero-order valence-corrected chi connectivity index (χ0v) is 16.6. The van der Waals surface area contributed by atoms with E-state index in [1.807, 2.05) is 6.92 Å². The van der Waals surface area contributed by atoms with Crippen LogP contribution in [0.1, 0.15) is 12.5 Å². The van der Waals surface area contributed by atoms with E-state index in [2.05, 4.69) is 31.9 Å². The third-order valence-electron chi connectivity index (χ3n) is 4.74. The van der Waals surface area contributed by atoms with E-state index in [9.17, 15) is 4.79 Å². The average molecular weight is 394 g/mol. The Hall–Kier alpha value is -1.60. The van der Waals surface area contributed by atoms with Crippen molar-refractivity contribution in [3.8, 4) is 5.75 Å². The number of nitrogens with zero attached hydrogens (tertiary/aromatic N) is 2. The molecule has 1 aromatic heterocycles. The van der Waals surface area contributed by atoms with Gasteiger partial charge in [0, 0.05) is 37.7 Å². The SMILES string of the molecule is COc1ccc(Cl)cc1NC(=O)[C@@H](C)N1CCN(Cc2ccsc2)CC1. The summed E-state index contributed by atoms with van der Waals surface area (Å²) in [7, 11) is 1.58. The molecule has 26 heavy (non-hydrogen) atoms. The molecule has 1 N–H and O–H groups in total. The lowest BCUT2D eigenvalue weighted by Crippen LogP contribution is -2.52. The van der Waals surface area contributed by atoms with Crippen LogP contribution in [-0.2, 0) is 11.3 Å². The molecule has 0 spiro atoms. The highest BCUT2D eigenvalue weighted by molar-refractivity contribution is 7.07. The molecule has 1 atom stereocenters. The van der Waals surface area contributed by atoms with Gasteiger partial charge in [0.25, 0.3) is 0 Å². The number of nitrogens with one attached hydrogen (secondary N) is 1. The van der Waals surface area contributed by atoms with E-state index in [1.54, 1.807) is 36.6 Å². The molecule has 1 fully saturated rings. The molecule has 7 heteroatoms. The van der Waals surface area contributed by atoms with E-state index in [1.165, 1.54) is 5.56 Å². The molecule has 1 saturated heterocycles. The minimum Gasteiger partial charge on any atom is -0.495 e. The van der Waals surface area contributed by atoms with Crippen molar-refractivity contribution < 1.29 is 9.53 Å². The molecule has 5 nitrogen and oxygen atoms in total. The van der Waals surface area contributed by atoms with Crippen molar-refractivity contribution in [3.63, 3.8) is 0 Å². The van der Waals surface area contributed by atoms with Crippen LogP contribution in [0.3, 0.4) is 0 Å². The minimum atomic E-state index is -0.206. The third kappa shape index (κ3) is 4.76. The molecular weight excluding hydrogens is 370 g/mol. The predicted molar refractivity (Wildman–Crippen MR) is 107 cm³/mol. The minimum absolute atomic E-state index is 0.0446. The van der Waals surface area contributed by atoms with Gasteiger partial charge < -0.3 is 10.1 Å². The lowest BCUT2D eigenvalue weighted by Gasteiger charge is -2.37. The lowest BCUT2D eigenvalue weighted by molar-refractivity contribution is -0.121. The molecule has 3 rings (SSSR count). The fourth-order valence-corrected chi connectivity index (χ4v) is 3.96. The van der Waals surface area contributed by atoms with Gasteiger partial charge in [0.2, 0.25) is 5.91 Å². The number of hydrogen-bond donors (Lipinski definition) is 1. The summed E-state index contributed by atoms with van der Waals surface area (Å²) < 4.78 is 5.30. The summed E-state index contributed by atoms with van der Waals surface area (Å²) in [5.74, 6) is 0.562. The molecule has 140 valence electrons. The maximum atomic E-state index is 12.7. The number of amides is 1. The van der Waals surface area contributed by atoms with Gasteiger partial charge in [-0.05, 0) is 47.5 Å². The lowest BCUT2D eigenvalue weighted by atomic mass is 10.2. The van der Waals surface area contributed by atoms with Gasteiger partial charge in [-0.15, -0.1) is 0 Å². The van der Waals surface area contributed by atoms with Crippen LogP contribution in [0.4, 0.5) is 5.69 Å². The van der Waals surface area contributed by atoms with Crippen LogP contribution in [0.2, 0.25) is 5.02 Å². The molecule has 0 aliphatic carbocycles. The van der Waals surface area contributed by atoms with Crippen LogP contribution in [-0.4, -0.2) is 55.0 Å². The monoisotopic (exact) mass is 393 g/mol. The van der Waals surface area contributed by atoms with Crippen molar-refractivity contribution in [1.82, 2.24) is 9.80 Å². The number of benzene rings is 1. The molecule has 0 saturated carbocycles. The Kier molecular flexibility index (Phi) is 6.53. The van der Waals surface area contributed by atoms with Crippen molar-refractivity contribution in [2.24, 2.45) is 0 Å². The molecule has 1 aliphatic rings. The number of hydrogen-bond acceptors (Lipinski definition) is 5. The zero-order chi connectivity index (χ0) is 18.5. The van der Waals surface area contributed by atoms with Gasteiger partial charge in [0.15, 0.2) is 0 Å². The summed E-state index contributed by atoms with van der Waals surface area (Å²) >= 11 is 7.77. The van der Waals surface area contributed by atoms with Crippen LogP contribution in [0.25, 0.3) is 0 Å². The Morgan fingerprint density at radius 2 is 2.08 bits per heavy atom.